The van der Waals surface area contributed by atoms with Crippen molar-refractivity contribution in [2.24, 2.45) is 9.98 Å². The lowest BCUT2D eigenvalue weighted by atomic mass is 9.82. The number of aliphatic imine (C=N–C) groups is 2. The number of anilines is 2. The Balaban J connectivity index is 0.000000186. The number of likely N-dealkylation sites (N-methyl/N-ethyl adjacent to an activating group) is 2. The zero-order chi connectivity index (χ0) is 38.1. The fraction of sp³-hybridized carbons (Fsp3) is 0.250. The molecule has 2 aromatic heterocycles. The van der Waals surface area contributed by atoms with Crippen molar-refractivity contribution in [3.05, 3.63) is 75.5 Å². The van der Waals surface area contributed by atoms with Crippen LogP contribution < -0.4 is 34.2 Å². The summed E-state index contributed by atoms with van der Waals surface area (Å²) in [6, 6.07) is 10.8. The molecule has 0 bridgehead atoms. The first-order valence-electron chi connectivity index (χ1n) is 15.0. The number of amides is 2. The Bertz CT molecular complexity index is 2020. The third kappa shape index (κ3) is 9.23. The van der Waals surface area contributed by atoms with Gasteiger partial charge in [0, 0.05) is 47.7 Å². The summed E-state index contributed by atoms with van der Waals surface area (Å²) in [5, 5.41) is 19.1. The molecule has 272 valence electrons. The lowest BCUT2D eigenvalue weighted by Gasteiger charge is -2.18. The number of methoxy groups -OCH3 is 4. The molecule has 2 aromatic carbocycles. The molecule has 0 spiro atoms. The Labute approximate surface area is 313 Å². The molecular weight excluding hydrogens is 742 g/mol. The van der Waals surface area contributed by atoms with Crippen LogP contribution in [0.3, 0.4) is 0 Å². The number of aromatic nitrogens is 4. The van der Waals surface area contributed by atoms with Crippen LogP contribution in [0.25, 0.3) is 0 Å². The van der Waals surface area contributed by atoms with Crippen LogP contribution in [0.4, 0.5) is 11.4 Å². The highest BCUT2D eigenvalue weighted by Gasteiger charge is 2.26. The number of carbonyl (C=O) groups excluding carboxylic acids is 2. The van der Waals surface area contributed by atoms with Gasteiger partial charge in [-0.15, -0.1) is 0 Å². The van der Waals surface area contributed by atoms with Crippen LogP contribution in [0.1, 0.15) is 16.7 Å². The lowest BCUT2D eigenvalue weighted by Crippen LogP contribution is -2.32. The molecule has 0 unspecified atom stereocenters. The number of ether oxygens (including phenoxy) is 4. The molecule has 2 aliphatic heterocycles. The summed E-state index contributed by atoms with van der Waals surface area (Å²) in [6.45, 7) is 0.0783. The fourth-order valence-electron chi connectivity index (χ4n) is 4.69. The van der Waals surface area contributed by atoms with Crippen molar-refractivity contribution in [1.82, 2.24) is 19.9 Å². The molecule has 0 atom stereocenters. The molecule has 0 radical (unpaired) electrons. The normalized spacial score (nSPS) is 13.4. The van der Waals surface area contributed by atoms with Crippen LogP contribution in [0.2, 0.25) is 10.0 Å². The van der Waals surface area contributed by atoms with Gasteiger partial charge in [0.1, 0.15) is 18.3 Å². The van der Waals surface area contributed by atoms with Crippen molar-refractivity contribution >= 4 is 81.5 Å². The predicted octanol–water partition coefficient (Wildman–Crippen LogP) is 2.44. The highest BCUT2D eigenvalue weighted by Crippen LogP contribution is 2.31. The maximum Gasteiger partial charge on any atom is 0.495 e. The molecule has 2 aliphatic rings. The molecule has 2 N–H and O–H groups in total. The second-order valence-corrected chi connectivity index (χ2v) is 11.7. The Hall–Kier alpha value is -5.07. The average Bonchev–Trinajstić information content (AvgIpc) is 3.34. The summed E-state index contributed by atoms with van der Waals surface area (Å²) >= 11 is 18.0. The molecule has 0 saturated heterocycles. The fourth-order valence-corrected chi connectivity index (χ4v) is 5.24. The number of fused-ring (bicyclic) bond motifs is 2. The van der Waals surface area contributed by atoms with Gasteiger partial charge in [-0.2, -0.15) is 9.97 Å². The second-order valence-electron chi connectivity index (χ2n) is 10.5. The summed E-state index contributed by atoms with van der Waals surface area (Å²) in [4.78, 5) is 51.0. The van der Waals surface area contributed by atoms with E-state index in [9.17, 15) is 9.59 Å². The maximum atomic E-state index is 12.2. The van der Waals surface area contributed by atoms with E-state index in [2.05, 4.69) is 29.9 Å². The summed E-state index contributed by atoms with van der Waals surface area (Å²) in [7, 11) is 7.49. The van der Waals surface area contributed by atoms with Crippen LogP contribution in [-0.2, 0) is 9.59 Å². The van der Waals surface area contributed by atoms with Crippen LogP contribution in [0.5, 0.6) is 23.8 Å². The van der Waals surface area contributed by atoms with Gasteiger partial charge in [0.05, 0.1) is 56.6 Å². The highest BCUT2D eigenvalue weighted by molar-refractivity contribution is 6.70. The van der Waals surface area contributed by atoms with Gasteiger partial charge in [0.15, 0.2) is 0 Å². The Morgan fingerprint density at radius 3 is 1.71 bits per heavy atom. The van der Waals surface area contributed by atoms with E-state index in [1.807, 2.05) is 0 Å². The smallest absolute Gasteiger partial charge is 0.481 e. The molecule has 20 heteroatoms. The third-order valence-electron chi connectivity index (χ3n) is 7.37. The van der Waals surface area contributed by atoms with Crippen molar-refractivity contribution < 1.29 is 38.6 Å². The summed E-state index contributed by atoms with van der Waals surface area (Å²) in [5.41, 5.74) is 4.05. The summed E-state index contributed by atoms with van der Waals surface area (Å²) in [6.07, 6.45) is 2.79. The van der Waals surface area contributed by atoms with Gasteiger partial charge < -0.3 is 38.8 Å². The second kappa shape index (κ2) is 17.9. The van der Waals surface area contributed by atoms with E-state index in [0.717, 1.165) is 5.69 Å². The van der Waals surface area contributed by atoms with E-state index < -0.39 is 7.12 Å². The number of rotatable bonds is 6. The van der Waals surface area contributed by atoms with Gasteiger partial charge in [-0.25, -0.2) is 9.97 Å². The number of hydrogen-bond acceptors (Lipinski definition) is 14. The number of benzodiazepines with no additional fused rings is 2. The summed E-state index contributed by atoms with van der Waals surface area (Å²) < 4.78 is 19.9. The first kappa shape index (κ1) is 39.7. The van der Waals surface area contributed by atoms with Gasteiger partial charge in [0.2, 0.25) is 23.6 Å². The molecule has 4 heterocycles. The van der Waals surface area contributed by atoms with Gasteiger partial charge in [-0.1, -0.05) is 34.8 Å². The Kier molecular flexibility index (Phi) is 13.7. The molecule has 4 aromatic rings. The zero-order valence-corrected chi connectivity index (χ0v) is 30.9. The van der Waals surface area contributed by atoms with Crippen LogP contribution in [-0.4, -0.2) is 115 Å². The van der Waals surface area contributed by atoms with Crippen molar-refractivity contribution in [3.63, 3.8) is 0 Å². The topological polar surface area (TPSA) is 194 Å². The Morgan fingerprint density at radius 2 is 1.17 bits per heavy atom. The van der Waals surface area contributed by atoms with E-state index >= 15 is 0 Å². The van der Waals surface area contributed by atoms with E-state index in [1.54, 1.807) is 61.6 Å². The molecule has 2 amide bonds. The number of benzene rings is 2. The van der Waals surface area contributed by atoms with Crippen molar-refractivity contribution in [1.29, 1.82) is 0 Å². The van der Waals surface area contributed by atoms with Crippen LogP contribution in [0.15, 0.2) is 58.8 Å². The van der Waals surface area contributed by atoms with Crippen molar-refractivity contribution in [3.8, 4) is 23.8 Å². The minimum absolute atomic E-state index is 0.00726. The van der Waals surface area contributed by atoms with Crippen molar-refractivity contribution in [2.45, 2.75) is 0 Å². The first-order valence-corrected chi connectivity index (χ1v) is 16.1. The minimum atomic E-state index is -1.65. The third-order valence-corrected chi connectivity index (χ3v) is 8.16. The number of carbonyl (C=O) groups is 2. The number of hydrogen-bond donors (Lipinski definition) is 2. The predicted molar refractivity (Wildman–Crippen MR) is 198 cm³/mol. The average molecular weight is 774 g/mol. The first-order chi connectivity index (χ1) is 24.8. The quantitative estimate of drug-likeness (QED) is 0.272. The molecular formula is C32H32BCl3N8O8. The standard InChI is InChI=1S/C16H15ClN4O3.C10H8Cl2N2O.C6H9BN2O4/c1-21-12-5-4-9(17)6-10(12)14(18-8-13(21)22)11-7-19-16(24-3)20-15(11)23-2;1-14-8-3-2-6(11)4-7(8)10(12)13-5-9(14)15;1-12-5-4(7(10)11)3-8-6(9-5)13-2/h4-7H,8H2,1-3H3;2-4H,5H2,1H3;3,10-11H,1-2H3. The summed E-state index contributed by atoms with van der Waals surface area (Å²) in [5.74, 6) is 0.182. The van der Waals surface area contributed by atoms with Gasteiger partial charge in [-0.3, -0.25) is 19.6 Å². The van der Waals surface area contributed by atoms with Crippen molar-refractivity contribution in [2.75, 3.05) is 65.4 Å². The number of nitrogens with zero attached hydrogens (tertiary/aromatic N) is 8. The molecule has 6 rings (SSSR count). The van der Waals surface area contributed by atoms with Gasteiger partial charge >= 0.3 is 19.1 Å². The monoisotopic (exact) mass is 772 g/mol. The molecule has 0 fully saturated rings. The van der Waals surface area contributed by atoms with E-state index in [4.69, 9.17) is 63.8 Å². The van der Waals surface area contributed by atoms with E-state index in [0.29, 0.717) is 49.2 Å². The van der Waals surface area contributed by atoms with Gasteiger partial charge in [0.25, 0.3) is 0 Å². The molecule has 0 aliphatic carbocycles. The van der Waals surface area contributed by atoms with Crippen LogP contribution >= 0.6 is 34.8 Å². The van der Waals surface area contributed by atoms with Gasteiger partial charge in [-0.05, 0) is 36.4 Å². The lowest BCUT2D eigenvalue weighted by molar-refractivity contribution is -0.117. The highest BCUT2D eigenvalue weighted by atomic mass is 35.5. The zero-order valence-electron chi connectivity index (χ0n) is 28.7. The SMILES string of the molecule is CN1C(=O)CN=C(Cl)c2cc(Cl)ccc21.COc1ncc(B(O)O)c(OC)n1.COc1ncc(C2=NCC(=O)N(C)c3ccc(Cl)cc32)c(OC)n1. The molecule has 16 nitrogen and oxygen atoms in total. The Morgan fingerprint density at radius 1 is 0.673 bits per heavy atom. The minimum Gasteiger partial charge on any atom is -0.481 e. The largest absolute Gasteiger partial charge is 0.495 e. The van der Waals surface area contributed by atoms with Crippen LogP contribution in [0, 0.1) is 0 Å². The van der Waals surface area contributed by atoms with E-state index in [1.165, 1.54) is 39.5 Å². The molecule has 52 heavy (non-hydrogen) atoms. The maximum absolute atomic E-state index is 12.2. The molecule has 0 saturated carbocycles. The number of halogens is 3. The van der Waals surface area contributed by atoms with E-state index in [-0.39, 0.29) is 48.3 Å².